The molecule has 6 nitrogen and oxygen atoms in total. The van der Waals surface area contributed by atoms with Crippen molar-refractivity contribution in [2.45, 2.75) is 0 Å². The van der Waals surface area contributed by atoms with E-state index in [1.807, 2.05) is 0 Å². The van der Waals surface area contributed by atoms with Gasteiger partial charge in [-0.05, 0) is 30.3 Å². The molecule has 7 heteroatoms. The van der Waals surface area contributed by atoms with Gasteiger partial charge in [0, 0.05) is 17.2 Å². The Kier molecular flexibility index (Phi) is 4.34. The Morgan fingerprint density at radius 2 is 1.96 bits per heavy atom. The summed E-state index contributed by atoms with van der Waals surface area (Å²) >= 11 is 6.12. The van der Waals surface area contributed by atoms with Gasteiger partial charge in [-0.2, -0.15) is 5.10 Å². The van der Waals surface area contributed by atoms with E-state index in [1.165, 1.54) is 6.21 Å². The smallest absolute Gasteiger partial charge is 0.271 e. The number of hydrazone groups is 1. The van der Waals surface area contributed by atoms with E-state index in [1.54, 1.807) is 43.5 Å². The molecule has 1 heterocycles. The van der Waals surface area contributed by atoms with E-state index in [9.17, 15) is 4.79 Å². The zero-order chi connectivity index (χ0) is 16.2. The van der Waals surface area contributed by atoms with Gasteiger partial charge in [0.2, 0.25) is 6.79 Å². The minimum Gasteiger partial charge on any atom is -0.497 e. The highest BCUT2D eigenvalue weighted by atomic mass is 35.5. The number of amides is 1. The van der Waals surface area contributed by atoms with Gasteiger partial charge in [-0.25, -0.2) is 5.43 Å². The first-order valence-electron chi connectivity index (χ1n) is 6.74. The van der Waals surface area contributed by atoms with Gasteiger partial charge in [-0.3, -0.25) is 4.79 Å². The summed E-state index contributed by atoms with van der Waals surface area (Å²) < 4.78 is 15.5. The number of hydrogen-bond acceptors (Lipinski definition) is 5. The molecule has 0 radical (unpaired) electrons. The quantitative estimate of drug-likeness (QED) is 0.690. The van der Waals surface area contributed by atoms with Gasteiger partial charge in [0.15, 0.2) is 11.5 Å². The lowest BCUT2D eigenvalue weighted by Crippen LogP contribution is -2.17. The highest BCUT2D eigenvalue weighted by Gasteiger charge is 2.15. The molecular weight excluding hydrogens is 320 g/mol. The van der Waals surface area contributed by atoms with E-state index in [0.717, 1.165) is 0 Å². The lowest BCUT2D eigenvalue weighted by molar-refractivity contribution is 0.0955. The summed E-state index contributed by atoms with van der Waals surface area (Å²) in [5.74, 6) is 1.53. The molecule has 0 saturated carbocycles. The van der Waals surface area contributed by atoms with Crippen LogP contribution in [0.4, 0.5) is 0 Å². The van der Waals surface area contributed by atoms with E-state index in [-0.39, 0.29) is 12.7 Å². The number of nitrogens with one attached hydrogen (secondary N) is 1. The van der Waals surface area contributed by atoms with Gasteiger partial charge in [0.25, 0.3) is 5.91 Å². The summed E-state index contributed by atoms with van der Waals surface area (Å²) in [4.78, 5) is 12.0. The Morgan fingerprint density at radius 1 is 1.26 bits per heavy atom. The third kappa shape index (κ3) is 3.37. The number of carbonyl (C=O) groups excluding carboxylic acids is 1. The second kappa shape index (κ2) is 6.58. The number of rotatable bonds is 4. The van der Waals surface area contributed by atoms with Crippen molar-refractivity contribution in [3.8, 4) is 17.2 Å². The molecular formula is C16H13ClN2O4. The molecule has 3 rings (SSSR count). The Hall–Kier alpha value is -2.73. The van der Waals surface area contributed by atoms with Crippen LogP contribution in [0, 0.1) is 0 Å². The number of ether oxygens (including phenoxy) is 3. The predicted molar refractivity (Wildman–Crippen MR) is 85.6 cm³/mol. The van der Waals surface area contributed by atoms with Crippen molar-refractivity contribution in [3.05, 3.63) is 52.5 Å². The number of fused-ring (bicyclic) bond motifs is 1. The minimum absolute atomic E-state index is 0.167. The average Bonchev–Trinajstić information content (AvgIpc) is 3.02. The van der Waals surface area contributed by atoms with Gasteiger partial charge in [0.05, 0.1) is 18.3 Å². The van der Waals surface area contributed by atoms with Crippen molar-refractivity contribution in [2.24, 2.45) is 5.10 Å². The molecule has 0 bridgehead atoms. The number of benzene rings is 2. The lowest BCUT2D eigenvalue weighted by atomic mass is 10.2. The van der Waals surface area contributed by atoms with Crippen LogP contribution in [0.2, 0.25) is 5.02 Å². The van der Waals surface area contributed by atoms with E-state index in [2.05, 4.69) is 10.5 Å². The van der Waals surface area contributed by atoms with Gasteiger partial charge in [-0.15, -0.1) is 0 Å². The molecule has 1 amide bonds. The fourth-order valence-electron chi connectivity index (χ4n) is 2.00. The van der Waals surface area contributed by atoms with Crippen LogP contribution in [0.5, 0.6) is 17.2 Å². The molecule has 0 spiro atoms. The summed E-state index contributed by atoms with van der Waals surface area (Å²) in [7, 11) is 1.56. The van der Waals surface area contributed by atoms with E-state index >= 15 is 0 Å². The van der Waals surface area contributed by atoms with Gasteiger partial charge < -0.3 is 14.2 Å². The molecule has 1 aliphatic heterocycles. The largest absolute Gasteiger partial charge is 0.497 e. The fourth-order valence-corrected chi connectivity index (χ4v) is 2.20. The predicted octanol–water partition coefficient (Wildman–Crippen LogP) is 2.84. The maximum absolute atomic E-state index is 12.0. The molecule has 1 aliphatic rings. The van der Waals surface area contributed by atoms with Crippen LogP contribution in [-0.2, 0) is 0 Å². The second-order valence-electron chi connectivity index (χ2n) is 4.65. The van der Waals surface area contributed by atoms with Crippen LogP contribution < -0.4 is 19.6 Å². The first kappa shape index (κ1) is 15.2. The molecule has 0 atom stereocenters. The number of methoxy groups -OCH3 is 1. The topological polar surface area (TPSA) is 69.2 Å². The molecule has 0 fully saturated rings. The lowest BCUT2D eigenvalue weighted by Gasteiger charge is -2.03. The molecule has 1 N–H and O–H groups in total. The monoisotopic (exact) mass is 332 g/mol. The number of halogens is 1. The minimum atomic E-state index is -0.333. The Bertz CT molecular complexity index is 759. The molecule has 118 valence electrons. The van der Waals surface area contributed by atoms with Crippen molar-refractivity contribution in [2.75, 3.05) is 13.9 Å². The molecule has 2 aromatic carbocycles. The molecule has 0 saturated heterocycles. The zero-order valence-electron chi connectivity index (χ0n) is 12.2. The third-order valence-electron chi connectivity index (χ3n) is 3.21. The van der Waals surface area contributed by atoms with E-state index < -0.39 is 0 Å². The van der Waals surface area contributed by atoms with Crippen LogP contribution in [-0.4, -0.2) is 26.0 Å². The Balaban J connectivity index is 1.67. The highest BCUT2D eigenvalue weighted by Crippen LogP contribution is 2.36. The first-order valence-corrected chi connectivity index (χ1v) is 7.12. The summed E-state index contributed by atoms with van der Waals surface area (Å²) in [5.41, 5.74) is 3.53. The summed E-state index contributed by atoms with van der Waals surface area (Å²) in [6.07, 6.45) is 1.45. The number of nitrogens with zero attached hydrogens (tertiary/aromatic N) is 1. The Labute approximate surface area is 137 Å². The normalized spacial score (nSPS) is 12.4. The van der Waals surface area contributed by atoms with Crippen molar-refractivity contribution in [1.29, 1.82) is 0 Å². The van der Waals surface area contributed by atoms with Gasteiger partial charge in [-0.1, -0.05) is 11.6 Å². The van der Waals surface area contributed by atoms with Crippen molar-refractivity contribution in [3.63, 3.8) is 0 Å². The maximum Gasteiger partial charge on any atom is 0.271 e. The van der Waals surface area contributed by atoms with E-state index in [0.29, 0.717) is 33.4 Å². The Morgan fingerprint density at radius 3 is 2.65 bits per heavy atom. The van der Waals surface area contributed by atoms with Crippen LogP contribution >= 0.6 is 11.6 Å². The molecule has 0 unspecified atom stereocenters. The second-order valence-corrected chi connectivity index (χ2v) is 5.06. The van der Waals surface area contributed by atoms with E-state index in [4.69, 9.17) is 25.8 Å². The number of hydrogen-bond donors (Lipinski definition) is 1. The molecule has 0 aromatic heterocycles. The first-order chi connectivity index (χ1) is 11.2. The molecule has 0 aliphatic carbocycles. The maximum atomic E-state index is 12.0. The summed E-state index contributed by atoms with van der Waals surface area (Å²) in [6.45, 7) is 0.167. The van der Waals surface area contributed by atoms with Crippen molar-refractivity contribution >= 4 is 23.7 Å². The highest BCUT2D eigenvalue weighted by molar-refractivity contribution is 6.33. The fraction of sp³-hybridized carbons (Fsp3) is 0.125. The third-order valence-corrected chi connectivity index (χ3v) is 3.54. The van der Waals surface area contributed by atoms with Crippen molar-refractivity contribution in [1.82, 2.24) is 5.43 Å². The number of carbonyl (C=O) groups is 1. The summed E-state index contributed by atoms with van der Waals surface area (Å²) in [6, 6.07) is 10.1. The van der Waals surface area contributed by atoms with Crippen LogP contribution in [0.25, 0.3) is 0 Å². The summed E-state index contributed by atoms with van der Waals surface area (Å²) in [5, 5.41) is 4.37. The standard InChI is InChI=1S/C16H13ClN2O4/c1-21-12-4-2-10(3-5-12)16(20)19-18-8-11-6-14-15(7-13(11)17)23-9-22-14/h2-8H,9H2,1H3,(H,19,20)/b18-8-. The van der Waals surface area contributed by atoms with Crippen molar-refractivity contribution < 1.29 is 19.0 Å². The van der Waals surface area contributed by atoms with Crippen LogP contribution in [0.1, 0.15) is 15.9 Å². The molecule has 23 heavy (non-hydrogen) atoms. The van der Waals surface area contributed by atoms with Crippen LogP contribution in [0.3, 0.4) is 0 Å². The van der Waals surface area contributed by atoms with Gasteiger partial charge in [0.1, 0.15) is 5.75 Å². The molecule has 2 aromatic rings. The van der Waals surface area contributed by atoms with Gasteiger partial charge >= 0.3 is 0 Å². The van der Waals surface area contributed by atoms with Crippen LogP contribution in [0.15, 0.2) is 41.5 Å². The zero-order valence-corrected chi connectivity index (χ0v) is 13.0. The average molecular weight is 333 g/mol. The SMILES string of the molecule is COc1ccc(C(=O)N/N=C\c2cc3c(cc2Cl)OCO3)cc1.